The normalized spacial score (nSPS) is 12.5. The third kappa shape index (κ3) is 2.57. The first-order valence-corrected chi connectivity index (χ1v) is 6.98. The van der Waals surface area contributed by atoms with Crippen LogP contribution in [0.3, 0.4) is 0 Å². The van der Waals surface area contributed by atoms with Crippen molar-refractivity contribution in [3.63, 3.8) is 0 Å². The van der Waals surface area contributed by atoms with Crippen molar-refractivity contribution in [3.8, 4) is 5.69 Å². The first-order valence-electron chi connectivity index (χ1n) is 6.98. The van der Waals surface area contributed by atoms with E-state index in [-0.39, 0.29) is 6.04 Å². The zero-order valence-corrected chi connectivity index (χ0v) is 12.1. The molecule has 0 aliphatic rings. The fourth-order valence-corrected chi connectivity index (χ4v) is 2.44. The topological polar surface area (TPSA) is 60.6 Å². The van der Waals surface area contributed by atoms with Crippen LogP contribution in [0.1, 0.15) is 24.4 Å². The minimum atomic E-state index is -0.00212. The summed E-state index contributed by atoms with van der Waals surface area (Å²) >= 11 is 0. The van der Waals surface area contributed by atoms with Crippen LogP contribution in [-0.4, -0.2) is 31.3 Å². The molecule has 0 saturated heterocycles. The maximum Gasteiger partial charge on any atom is 0.0939 e. The van der Waals surface area contributed by atoms with Crippen LogP contribution in [0.15, 0.2) is 48.8 Å². The molecule has 1 unspecified atom stereocenters. The van der Waals surface area contributed by atoms with Crippen LogP contribution in [0.5, 0.6) is 0 Å². The molecule has 1 N–H and O–H groups in total. The summed E-state index contributed by atoms with van der Waals surface area (Å²) in [5.74, 6) is 0. The Labute approximate surface area is 123 Å². The van der Waals surface area contributed by atoms with Crippen LogP contribution in [0, 0.1) is 0 Å². The van der Waals surface area contributed by atoms with Crippen molar-refractivity contribution in [3.05, 3.63) is 60.2 Å². The van der Waals surface area contributed by atoms with E-state index >= 15 is 0 Å². The Hall–Kier alpha value is -2.47. The number of aryl methyl sites for hydroxylation is 1. The minimum Gasteiger partial charge on any atom is -0.304 e. The minimum absolute atomic E-state index is 0.00212. The molecule has 1 atom stereocenters. The summed E-state index contributed by atoms with van der Waals surface area (Å²) in [5.41, 5.74) is 3.07. The Bertz CT molecular complexity index is 700. The Kier molecular flexibility index (Phi) is 3.79. The van der Waals surface area contributed by atoms with Gasteiger partial charge in [0.05, 0.1) is 29.3 Å². The molecular formula is C15H18N6. The molecule has 0 bridgehead atoms. The molecule has 1 aromatic carbocycles. The highest BCUT2D eigenvalue weighted by molar-refractivity contribution is 5.34. The second-order valence-corrected chi connectivity index (χ2v) is 4.78. The fourth-order valence-electron chi connectivity index (χ4n) is 2.44. The van der Waals surface area contributed by atoms with Crippen molar-refractivity contribution in [1.82, 2.24) is 30.1 Å². The predicted octanol–water partition coefficient (Wildman–Crippen LogP) is 1.70. The van der Waals surface area contributed by atoms with Crippen LogP contribution in [0.4, 0.5) is 0 Å². The van der Waals surface area contributed by atoms with Gasteiger partial charge in [-0.15, -0.1) is 5.10 Å². The summed E-state index contributed by atoms with van der Waals surface area (Å²) in [4.78, 5) is 0. The lowest BCUT2D eigenvalue weighted by Gasteiger charge is -2.19. The summed E-state index contributed by atoms with van der Waals surface area (Å²) in [5, 5.41) is 16.0. The highest BCUT2D eigenvalue weighted by Crippen LogP contribution is 2.22. The van der Waals surface area contributed by atoms with Gasteiger partial charge in [0.1, 0.15) is 0 Å². The Morgan fingerprint density at radius 2 is 1.95 bits per heavy atom. The number of hydrogen-bond acceptors (Lipinski definition) is 4. The number of hydrogen-bond donors (Lipinski definition) is 1. The standard InChI is InChI=1S/C15H18N6/c1-3-16-15(13-9-10-18-20(13)2)14-11-17-19-21(14)12-7-5-4-6-8-12/h4-11,15-16H,3H2,1-2H3. The van der Waals surface area contributed by atoms with Crippen molar-refractivity contribution >= 4 is 0 Å². The van der Waals surface area contributed by atoms with E-state index in [4.69, 9.17) is 0 Å². The number of benzene rings is 1. The molecule has 6 heteroatoms. The van der Waals surface area contributed by atoms with E-state index in [1.807, 2.05) is 52.8 Å². The number of rotatable bonds is 5. The van der Waals surface area contributed by atoms with Crippen molar-refractivity contribution in [2.75, 3.05) is 6.54 Å². The zero-order valence-electron chi connectivity index (χ0n) is 12.1. The number of nitrogens with zero attached hydrogens (tertiary/aromatic N) is 5. The molecule has 0 aliphatic carbocycles. The van der Waals surface area contributed by atoms with Gasteiger partial charge in [0.25, 0.3) is 0 Å². The van der Waals surface area contributed by atoms with Crippen LogP contribution in [0.25, 0.3) is 5.69 Å². The lowest BCUT2D eigenvalue weighted by atomic mass is 10.1. The van der Waals surface area contributed by atoms with Crippen molar-refractivity contribution in [2.24, 2.45) is 7.05 Å². The SMILES string of the molecule is CCNC(c1ccnn1C)c1cnnn1-c1ccccc1. The maximum absolute atomic E-state index is 4.26. The average molecular weight is 282 g/mol. The smallest absolute Gasteiger partial charge is 0.0939 e. The second-order valence-electron chi connectivity index (χ2n) is 4.78. The van der Waals surface area contributed by atoms with Gasteiger partial charge in [-0.2, -0.15) is 5.10 Å². The Morgan fingerprint density at radius 3 is 2.62 bits per heavy atom. The molecular weight excluding hydrogens is 264 g/mol. The van der Waals surface area contributed by atoms with E-state index < -0.39 is 0 Å². The molecule has 108 valence electrons. The molecule has 0 fully saturated rings. The Balaban J connectivity index is 2.06. The van der Waals surface area contributed by atoms with Gasteiger partial charge in [-0.05, 0) is 24.7 Å². The second kappa shape index (κ2) is 5.88. The van der Waals surface area contributed by atoms with E-state index in [9.17, 15) is 0 Å². The van der Waals surface area contributed by atoms with Crippen molar-refractivity contribution < 1.29 is 0 Å². The summed E-state index contributed by atoms with van der Waals surface area (Å²) in [7, 11) is 1.94. The van der Waals surface area contributed by atoms with E-state index in [2.05, 4.69) is 27.7 Å². The van der Waals surface area contributed by atoms with Gasteiger partial charge in [0.15, 0.2) is 0 Å². The van der Waals surface area contributed by atoms with Gasteiger partial charge in [-0.1, -0.05) is 30.3 Å². The first kappa shape index (κ1) is 13.5. The van der Waals surface area contributed by atoms with Gasteiger partial charge in [-0.3, -0.25) is 4.68 Å². The van der Waals surface area contributed by atoms with Crippen LogP contribution < -0.4 is 5.32 Å². The predicted molar refractivity (Wildman–Crippen MR) is 80.1 cm³/mol. The van der Waals surface area contributed by atoms with Crippen molar-refractivity contribution in [1.29, 1.82) is 0 Å². The van der Waals surface area contributed by atoms with Crippen molar-refractivity contribution in [2.45, 2.75) is 13.0 Å². The molecule has 0 aliphatic heterocycles. The summed E-state index contributed by atoms with van der Waals surface area (Å²) in [6.07, 6.45) is 3.60. The highest BCUT2D eigenvalue weighted by Gasteiger charge is 2.21. The monoisotopic (exact) mass is 282 g/mol. The largest absolute Gasteiger partial charge is 0.304 e. The third-order valence-corrected chi connectivity index (χ3v) is 3.44. The van der Waals surface area contributed by atoms with Gasteiger partial charge < -0.3 is 5.32 Å². The average Bonchev–Trinajstić information content (AvgIpc) is 3.15. The molecule has 2 aromatic heterocycles. The summed E-state index contributed by atoms with van der Waals surface area (Å²) < 4.78 is 3.73. The first-order chi connectivity index (χ1) is 10.3. The fraction of sp³-hybridized carbons (Fsp3) is 0.267. The lowest BCUT2D eigenvalue weighted by molar-refractivity contribution is 0.547. The molecule has 3 rings (SSSR count). The number of nitrogens with one attached hydrogen (secondary N) is 1. The summed E-state index contributed by atoms with van der Waals surface area (Å²) in [6, 6.07) is 12.0. The number of para-hydroxylation sites is 1. The van der Waals surface area contributed by atoms with E-state index in [0.29, 0.717) is 0 Å². The van der Waals surface area contributed by atoms with Gasteiger partial charge in [-0.25, -0.2) is 4.68 Å². The number of aromatic nitrogens is 5. The van der Waals surface area contributed by atoms with E-state index in [0.717, 1.165) is 23.6 Å². The molecule has 21 heavy (non-hydrogen) atoms. The molecule has 6 nitrogen and oxygen atoms in total. The summed E-state index contributed by atoms with van der Waals surface area (Å²) in [6.45, 7) is 2.93. The molecule has 2 heterocycles. The van der Waals surface area contributed by atoms with Crippen LogP contribution in [-0.2, 0) is 7.05 Å². The van der Waals surface area contributed by atoms with E-state index in [1.165, 1.54) is 0 Å². The van der Waals surface area contributed by atoms with Crippen LogP contribution >= 0.6 is 0 Å². The molecule has 0 saturated carbocycles. The maximum atomic E-state index is 4.26. The lowest BCUT2D eigenvalue weighted by Crippen LogP contribution is -2.26. The highest BCUT2D eigenvalue weighted by atomic mass is 15.4. The zero-order chi connectivity index (χ0) is 14.7. The van der Waals surface area contributed by atoms with Gasteiger partial charge >= 0.3 is 0 Å². The molecule has 0 radical (unpaired) electrons. The molecule has 3 aromatic rings. The molecule has 0 spiro atoms. The third-order valence-electron chi connectivity index (χ3n) is 3.44. The quantitative estimate of drug-likeness (QED) is 0.774. The Morgan fingerprint density at radius 1 is 1.14 bits per heavy atom. The van der Waals surface area contributed by atoms with E-state index in [1.54, 1.807) is 12.4 Å². The van der Waals surface area contributed by atoms with Gasteiger partial charge in [0, 0.05) is 13.2 Å². The molecule has 0 amide bonds. The van der Waals surface area contributed by atoms with Gasteiger partial charge in [0.2, 0.25) is 0 Å². The van der Waals surface area contributed by atoms with Crippen LogP contribution in [0.2, 0.25) is 0 Å².